The van der Waals surface area contributed by atoms with Gasteiger partial charge in [0.15, 0.2) is 5.16 Å². The summed E-state index contributed by atoms with van der Waals surface area (Å²) in [4.78, 5) is 19.2. The van der Waals surface area contributed by atoms with Crippen molar-refractivity contribution in [3.63, 3.8) is 0 Å². The molecule has 0 aliphatic carbocycles. The van der Waals surface area contributed by atoms with Crippen LogP contribution in [0.1, 0.15) is 10.4 Å². The van der Waals surface area contributed by atoms with Crippen LogP contribution in [0.4, 0.5) is 0 Å². The zero-order chi connectivity index (χ0) is 19.3. The third-order valence-corrected chi connectivity index (χ3v) is 6.47. The lowest BCUT2D eigenvalue weighted by atomic mass is 10.2. The second-order valence-corrected chi connectivity index (χ2v) is 8.31. The van der Waals surface area contributed by atoms with Crippen molar-refractivity contribution in [3.05, 3.63) is 86.8 Å². The first-order chi connectivity index (χ1) is 13.7. The van der Waals surface area contributed by atoms with E-state index in [0.717, 1.165) is 34.2 Å². The smallest absolute Gasteiger partial charge is 0.262 e. The van der Waals surface area contributed by atoms with Crippen LogP contribution in [0.25, 0.3) is 10.9 Å². The molecule has 0 atom stereocenters. The van der Waals surface area contributed by atoms with Crippen molar-refractivity contribution in [1.29, 1.82) is 0 Å². The summed E-state index contributed by atoms with van der Waals surface area (Å²) in [6.07, 6.45) is 0.824. The molecule has 0 N–H and O–H groups in total. The number of aryl methyl sites for hydroxylation is 1. The van der Waals surface area contributed by atoms with Gasteiger partial charge in [0, 0.05) is 17.2 Å². The summed E-state index contributed by atoms with van der Waals surface area (Å²) in [7, 11) is 1.67. The van der Waals surface area contributed by atoms with Gasteiger partial charge in [-0.25, -0.2) is 4.98 Å². The Hall–Kier alpha value is -2.57. The van der Waals surface area contributed by atoms with Gasteiger partial charge < -0.3 is 4.74 Å². The lowest BCUT2D eigenvalue weighted by molar-refractivity contribution is 0.414. The van der Waals surface area contributed by atoms with Crippen molar-refractivity contribution in [3.8, 4) is 5.75 Å². The molecule has 0 aliphatic heterocycles. The average molecular weight is 409 g/mol. The third-order valence-electron chi connectivity index (χ3n) is 4.49. The average Bonchev–Trinajstić information content (AvgIpc) is 3.25. The first kappa shape index (κ1) is 18.8. The molecule has 4 aromatic rings. The molecule has 0 radical (unpaired) electrons. The summed E-state index contributed by atoms with van der Waals surface area (Å²) in [5.74, 6) is 1.56. The molecule has 2 aromatic carbocycles. The maximum Gasteiger partial charge on any atom is 0.262 e. The van der Waals surface area contributed by atoms with E-state index in [0.29, 0.717) is 11.9 Å². The molecule has 0 saturated carbocycles. The van der Waals surface area contributed by atoms with E-state index in [1.807, 2.05) is 53.1 Å². The van der Waals surface area contributed by atoms with Gasteiger partial charge in [0.2, 0.25) is 0 Å². The number of benzene rings is 2. The Kier molecular flexibility index (Phi) is 5.78. The molecule has 142 valence electrons. The molecule has 0 fully saturated rings. The highest BCUT2D eigenvalue weighted by Gasteiger charge is 2.12. The Morgan fingerprint density at radius 2 is 2.00 bits per heavy atom. The van der Waals surface area contributed by atoms with E-state index < -0.39 is 0 Å². The van der Waals surface area contributed by atoms with E-state index in [1.165, 1.54) is 4.88 Å². The highest BCUT2D eigenvalue weighted by molar-refractivity contribution is 7.98. The van der Waals surface area contributed by atoms with Crippen molar-refractivity contribution in [2.45, 2.75) is 23.9 Å². The van der Waals surface area contributed by atoms with Crippen molar-refractivity contribution in [2.75, 3.05) is 7.11 Å². The molecule has 0 saturated heterocycles. The topological polar surface area (TPSA) is 44.1 Å². The number of ether oxygens (including phenoxy) is 1. The Morgan fingerprint density at radius 3 is 2.82 bits per heavy atom. The van der Waals surface area contributed by atoms with E-state index in [-0.39, 0.29) is 5.56 Å². The van der Waals surface area contributed by atoms with Crippen LogP contribution in [0.3, 0.4) is 0 Å². The molecule has 28 heavy (non-hydrogen) atoms. The molecule has 0 aliphatic rings. The second kappa shape index (κ2) is 8.63. The van der Waals surface area contributed by atoms with Crippen LogP contribution < -0.4 is 10.3 Å². The fourth-order valence-electron chi connectivity index (χ4n) is 3.04. The van der Waals surface area contributed by atoms with Gasteiger partial charge in [0.1, 0.15) is 5.75 Å². The Bertz CT molecular complexity index is 1140. The first-order valence-corrected chi connectivity index (χ1v) is 10.9. The fourth-order valence-corrected chi connectivity index (χ4v) is 4.71. The summed E-state index contributed by atoms with van der Waals surface area (Å²) in [5, 5.41) is 3.48. The van der Waals surface area contributed by atoms with Gasteiger partial charge in [-0.15, -0.1) is 11.3 Å². The van der Waals surface area contributed by atoms with E-state index in [4.69, 9.17) is 9.72 Å². The molecule has 0 spiro atoms. The number of rotatable bonds is 7. The standard InChI is InChI=1S/C22H20N2O2S2/c1-26-17-7-4-6-16(14-17)15-28-22-23-20-10-3-2-9-19(20)21(25)24(22)12-11-18-8-5-13-27-18/h2-10,13-14H,11-12,15H2,1H3. The van der Waals surface area contributed by atoms with Crippen LogP contribution in [0, 0.1) is 0 Å². The van der Waals surface area contributed by atoms with Crippen molar-refractivity contribution in [1.82, 2.24) is 9.55 Å². The molecular weight excluding hydrogens is 388 g/mol. The van der Waals surface area contributed by atoms with Crippen LogP contribution in [-0.2, 0) is 18.7 Å². The van der Waals surface area contributed by atoms with E-state index in [2.05, 4.69) is 17.5 Å². The van der Waals surface area contributed by atoms with Crippen molar-refractivity contribution in [2.24, 2.45) is 0 Å². The van der Waals surface area contributed by atoms with E-state index >= 15 is 0 Å². The van der Waals surface area contributed by atoms with Gasteiger partial charge in [0.05, 0.1) is 18.0 Å². The molecule has 0 bridgehead atoms. The summed E-state index contributed by atoms with van der Waals surface area (Å²) < 4.78 is 7.12. The number of aromatic nitrogens is 2. The van der Waals surface area contributed by atoms with E-state index in [9.17, 15) is 4.79 Å². The van der Waals surface area contributed by atoms with Gasteiger partial charge >= 0.3 is 0 Å². The molecule has 6 heteroatoms. The number of methoxy groups -OCH3 is 1. The van der Waals surface area contributed by atoms with Crippen LogP contribution in [0.15, 0.2) is 76.0 Å². The highest BCUT2D eigenvalue weighted by atomic mass is 32.2. The van der Waals surface area contributed by atoms with Crippen LogP contribution >= 0.6 is 23.1 Å². The maximum absolute atomic E-state index is 13.1. The molecule has 4 rings (SSSR count). The number of nitrogens with zero attached hydrogens (tertiary/aromatic N) is 2. The third kappa shape index (κ3) is 4.13. The van der Waals surface area contributed by atoms with Gasteiger partial charge in [-0.2, -0.15) is 0 Å². The largest absolute Gasteiger partial charge is 0.497 e. The summed E-state index contributed by atoms with van der Waals surface area (Å²) in [5.41, 5.74) is 1.90. The zero-order valence-corrected chi connectivity index (χ0v) is 17.1. The Morgan fingerprint density at radius 1 is 1.11 bits per heavy atom. The molecule has 2 aromatic heterocycles. The predicted octanol–water partition coefficient (Wildman–Crippen LogP) is 5.00. The van der Waals surface area contributed by atoms with Gasteiger partial charge in [-0.3, -0.25) is 9.36 Å². The van der Waals surface area contributed by atoms with Crippen molar-refractivity contribution < 1.29 is 4.74 Å². The quantitative estimate of drug-likeness (QED) is 0.319. The highest BCUT2D eigenvalue weighted by Crippen LogP contribution is 2.24. The number of hydrogen-bond donors (Lipinski definition) is 0. The maximum atomic E-state index is 13.1. The van der Waals surface area contributed by atoms with Crippen LogP contribution in [0.2, 0.25) is 0 Å². The molecule has 2 heterocycles. The molecule has 0 unspecified atom stereocenters. The van der Waals surface area contributed by atoms with Crippen LogP contribution in [0.5, 0.6) is 5.75 Å². The Labute approximate surface area is 171 Å². The first-order valence-electron chi connectivity index (χ1n) is 9.02. The number of fused-ring (bicyclic) bond motifs is 1. The summed E-state index contributed by atoms with van der Waals surface area (Å²) >= 11 is 3.30. The Balaban J connectivity index is 1.66. The van der Waals surface area contributed by atoms with Gasteiger partial charge in [-0.1, -0.05) is 42.1 Å². The summed E-state index contributed by atoms with van der Waals surface area (Å²) in [6.45, 7) is 0.623. The number of para-hydroxylation sites is 1. The van der Waals surface area contributed by atoms with Gasteiger partial charge in [-0.05, 0) is 47.7 Å². The summed E-state index contributed by atoms with van der Waals surface area (Å²) in [6, 6.07) is 19.7. The molecule has 0 amide bonds. The normalized spacial score (nSPS) is 11.0. The van der Waals surface area contributed by atoms with Crippen LogP contribution in [-0.4, -0.2) is 16.7 Å². The SMILES string of the molecule is COc1cccc(CSc2nc3ccccc3c(=O)n2CCc2cccs2)c1. The zero-order valence-electron chi connectivity index (χ0n) is 15.5. The monoisotopic (exact) mass is 408 g/mol. The number of thioether (sulfide) groups is 1. The number of hydrogen-bond acceptors (Lipinski definition) is 5. The fraction of sp³-hybridized carbons (Fsp3) is 0.182. The van der Waals surface area contributed by atoms with E-state index in [1.54, 1.807) is 30.2 Å². The van der Waals surface area contributed by atoms with Crippen molar-refractivity contribution >= 4 is 34.0 Å². The minimum absolute atomic E-state index is 0.0234. The number of thiophene rings is 1. The molecule has 4 nitrogen and oxygen atoms in total. The minimum atomic E-state index is 0.0234. The minimum Gasteiger partial charge on any atom is -0.497 e. The second-order valence-electron chi connectivity index (χ2n) is 6.34. The lowest BCUT2D eigenvalue weighted by Gasteiger charge is -2.13. The lowest BCUT2D eigenvalue weighted by Crippen LogP contribution is -2.24. The predicted molar refractivity (Wildman–Crippen MR) is 117 cm³/mol. The molecular formula is C22H20N2O2S2. The van der Waals surface area contributed by atoms with Gasteiger partial charge in [0.25, 0.3) is 5.56 Å².